The van der Waals surface area contributed by atoms with Crippen LogP contribution in [0, 0.1) is 5.92 Å². The molecule has 0 spiro atoms. The van der Waals surface area contributed by atoms with Crippen LogP contribution in [0.25, 0.3) is 0 Å². The van der Waals surface area contributed by atoms with Gasteiger partial charge in [0.25, 0.3) is 0 Å². The van der Waals surface area contributed by atoms with Crippen LogP contribution >= 0.6 is 0 Å². The van der Waals surface area contributed by atoms with Crippen LogP contribution in [0.5, 0.6) is 0 Å². The first kappa shape index (κ1) is 13.5. The Morgan fingerprint density at radius 2 is 2.31 bits per heavy atom. The Kier molecular flexibility index (Phi) is 5.77. The van der Waals surface area contributed by atoms with Gasteiger partial charge in [0.1, 0.15) is 0 Å². The summed E-state index contributed by atoms with van der Waals surface area (Å²) in [7, 11) is 1.67. The van der Waals surface area contributed by atoms with Crippen molar-refractivity contribution in [3.8, 4) is 0 Å². The molecule has 0 bridgehead atoms. The second kappa shape index (κ2) is 6.86. The summed E-state index contributed by atoms with van der Waals surface area (Å²) in [5, 5.41) is 6.37. The number of hydrogen-bond donors (Lipinski definition) is 2. The monoisotopic (exact) mass is 228 g/mol. The van der Waals surface area contributed by atoms with Crippen LogP contribution in [0.3, 0.4) is 0 Å². The summed E-state index contributed by atoms with van der Waals surface area (Å²) in [5.41, 5.74) is 0. The minimum absolute atomic E-state index is 0.124. The molecule has 1 rings (SSSR count). The molecule has 0 aliphatic carbocycles. The Morgan fingerprint density at radius 3 is 2.81 bits per heavy atom. The van der Waals surface area contributed by atoms with Crippen molar-refractivity contribution in [2.75, 3.05) is 20.3 Å². The van der Waals surface area contributed by atoms with E-state index in [1.807, 2.05) is 0 Å². The van der Waals surface area contributed by atoms with E-state index >= 15 is 0 Å². The third-order valence-corrected chi connectivity index (χ3v) is 3.09. The average Bonchev–Trinajstić information content (AvgIpc) is 2.69. The average molecular weight is 228 g/mol. The maximum absolute atomic E-state index is 11.8. The van der Waals surface area contributed by atoms with Gasteiger partial charge in [-0.05, 0) is 25.3 Å². The summed E-state index contributed by atoms with van der Waals surface area (Å²) in [6, 6.07) is 0.495. The van der Waals surface area contributed by atoms with E-state index in [0.29, 0.717) is 25.0 Å². The Labute approximate surface area is 98.1 Å². The Bertz CT molecular complexity index is 213. The summed E-state index contributed by atoms with van der Waals surface area (Å²) in [5.74, 6) is 0.538. The van der Waals surface area contributed by atoms with Crippen molar-refractivity contribution in [1.82, 2.24) is 10.6 Å². The zero-order valence-corrected chi connectivity index (χ0v) is 10.6. The van der Waals surface area contributed by atoms with Crippen molar-refractivity contribution < 1.29 is 9.53 Å². The summed E-state index contributed by atoms with van der Waals surface area (Å²) >= 11 is 0. The minimum Gasteiger partial charge on any atom is -0.383 e. The smallest absolute Gasteiger partial charge is 0.221 e. The standard InChI is InChI=1S/C12H24N2O2/c1-9(2)11(8-16-3)14-12(15)7-10-5-4-6-13-10/h9-11,13H,4-8H2,1-3H3,(H,14,15). The van der Waals surface area contributed by atoms with E-state index in [1.165, 1.54) is 6.42 Å². The number of methoxy groups -OCH3 is 1. The van der Waals surface area contributed by atoms with Crippen molar-refractivity contribution in [3.05, 3.63) is 0 Å². The van der Waals surface area contributed by atoms with Crippen molar-refractivity contribution in [2.45, 2.75) is 45.2 Å². The lowest BCUT2D eigenvalue weighted by molar-refractivity contribution is -0.123. The van der Waals surface area contributed by atoms with Gasteiger partial charge in [-0.1, -0.05) is 13.8 Å². The van der Waals surface area contributed by atoms with E-state index in [4.69, 9.17) is 4.74 Å². The normalized spacial score (nSPS) is 22.4. The first-order valence-corrected chi connectivity index (χ1v) is 6.15. The topological polar surface area (TPSA) is 50.4 Å². The van der Waals surface area contributed by atoms with Gasteiger partial charge in [-0.2, -0.15) is 0 Å². The van der Waals surface area contributed by atoms with Gasteiger partial charge in [-0.25, -0.2) is 0 Å². The first-order valence-electron chi connectivity index (χ1n) is 6.15. The lowest BCUT2D eigenvalue weighted by atomic mass is 10.0. The largest absolute Gasteiger partial charge is 0.383 e. The highest BCUT2D eigenvalue weighted by molar-refractivity contribution is 5.77. The molecule has 2 atom stereocenters. The van der Waals surface area contributed by atoms with Crippen LogP contribution in [0.15, 0.2) is 0 Å². The predicted molar refractivity (Wildman–Crippen MR) is 64.3 cm³/mol. The van der Waals surface area contributed by atoms with Crippen molar-refractivity contribution in [2.24, 2.45) is 5.92 Å². The molecule has 16 heavy (non-hydrogen) atoms. The molecule has 1 aliphatic heterocycles. The lowest BCUT2D eigenvalue weighted by Gasteiger charge is -2.22. The number of nitrogens with one attached hydrogen (secondary N) is 2. The van der Waals surface area contributed by atoms with Crippen LogP contribution in [0.1, 0.15) is 33.1 Å². The quantitative estimate of drug-likeness (QED) is 0.710. The zero-order chi connectivity index (χ0) is 12.0. The Balaban J connectivity index is 2.29. The highest BCUT2D eigenvalue weighted by Gasteiger charge is 2.20. The lowest BCUT2D eigenvalue weighted by Crippen LogP contribution is -2.43. The zero-order valence-electron chi connectivity index (χ0n) is 10.6. The van der Waals surface area contributed by atoms with Crippen molar-refractivity contribution in [3.63, 3.8) is 0 Å². The van der Waals surface area contributed by atoms with Gasteiger partial charge in [0.15, 0.2) is 0 Å². The molecule has 4 heteroatoms. The van der Waals surface area contributed by atoms with Gasteiger partial charge in [0.2, 0.25) is 5.91 Å². The molecule has 1 fully saturated rings. The molecular formula is C12H24N2O2. The second-order valence-electron chi connectivity index (χ2n) is 4.87. The van der Waals surface area contributed by atoms with Gasteiger partial charge in [-0.3, -0.25) is 4.79 Å². The van der Waals surface area contributed by atoms with Crippen LogP contribution in [-0.4, -0.2) is 38.3 Å². The Morgan fingerprint density at radius 1 is 1.56 bits per heavy atom. The molecule has 1 heterocycles. The molecule has 2 unspecified atom stereocenters. The van der Waals surface area contributed by atoms with Gasteiger partial charge < -0.3 is 15.4 Å². The SMILES string of the molecule is COCC(NC(=O)CC1CCCN1)C(C)C. The molecule has 1 saturated heterocycles. The molecule has 94 valence electrons. The molecule has 0 aromatic heterocycles. The second-order valence-corrected chi connectivity index (χ2v) is 4.87. The predicted octanol–water partition coefficient (Wildman–Crippen LogP) is 0.916. The fraction of sp³-hybridized carbons (Fsp3) is 0.917. The molecular weight excluding hydrogens is 204 g/mol. The fourth-order valence-corrected chi connectivity index (χ4v) is 2.00. The van der Waals surface area contributed by atoms with Crippen LogP contribution in [0.4, 0.5) is 0 Å². The van der Waals surface area contributed by atoms with Crippen molar-refractivity contribution in [1.29, 1.82) is 0 Å². The number of ether oxygens (including phenoxy) is 1. The summed E-state index contributed by atoms with van der Waals surface area (Å²) in [4.78, 5) is 11.8. The summed E-state index contributed by atoms with van der Waals surface area (Å²) in [6.07, 6.45) is 2.89. The number of carbonyl (C=O) groups is 1. The fourth-order valence-electron chi connectivity index (χ4n) is 2.00. The summed E-state index contributed by atoms with van der Waals surface area (Å²) in [6.45, 7) is 5.82. The summed E-state index contributed by atoms with van der Waals surface area (Å²) < 4.78 is 5.11. The highest BCUT2D eigenvalue weighted by Crippen LogP contribution is 2.09. The van der Waals surface area contributed by atoms with E-state index in [0.717, 1.165) is 13.0 Å². The minimum atomic E-state index is 0.124. The van der Waals surface area contributed by atoms with Crippen LogP contribution in [-0.2, 0) is 9.53 Å². The van der Waals surface area contributed by atoms with E-state index in [9.17, 15) is 4.79 Å². The van der Waals surface area contributed by atoms with Gasteiger partial charge in [0, 0.05) is 19.6 Å². The molecule has 2 N–H and O–H groups in total. The van der Waals surface area contributed by atoms with E-state index in [1.54, 1.807) is 7.11 Å². The highest BCUT2D eigenvalue weighted by atomic mass is 16.5. The maximum atomic E-state index is 11.8. The van der Waals surface area contributed by atoms with Gasteiger partial charge in [-0.15, -0.1) is 0 Å². The molecule has 4 nitrogen and oxygen atoms in total. The molecule has 1 aliphatic rings. The van der Waals surface area contributed by atoms with Gasteiger partial charge in [0.05, 0.1) is 12.6 Å². The maximum Gasteiger partial charge on any atom is 0.221 e. The number of amides is 1. The Hall–Kier alpha value is -0.610. The molecule has 0 radical (unpaired) electrons. The number of hydrogen-bond acceptors (Lipinski definition) is 3. The third kappa shape index (κ3) is 4.49. The van der Waals surface area contributed by atoms with E-state index in [-0.39, 0.29) is 11.9 Å². The first-order chi connectivity index (χ1) is 7.63. The van der Waals surface area contributed by atoms with Gasteiger partial charge >= 0.3 is 0 Å². The van der Waals surface area contributed by atoms with E-state index < -0.39 is 0 Å². The third-order valence-electron chi connectivity index (χ3n) is 3.09. The van der Waals surface area contributed by atoms with Crippen LogP contribution in [0.2, 0.25) is 0 Å². The van der Waals surface area contributed by atoms with E-state index in [2.05, 4.69) is 24.5 Å². The van der Waals surface area contributed by atoms with Crippen LogP contribution < -0.4 is 10.6 Å². The number of carbonyl (C=O) groups excluding carboxylic acids is 1. The molecule has 0 aromatic carbocycles. The molecule has 0 aromatic rings. The number of rotatable bonds is 6. The molecule has 1 amide bonds. The van der Waals surface area contributed by atoms with Crippen molar-refractivity contribution >= 4 is 5.91 Å². The molecule has 0 saturated carbocycles.